The van der Waals surface area contributed by atoms with Crippen molar-refractivity contribution in [2.45, 2.75) is 6.42 Å². The van der Waals surface area contributed by atoms with Crippen LogP contribution in [0.15, 0.2) is 53.0 Å². The molecule has 3 amide bonds. The molecule has 1 heterocycles. The van der Waals surface area contributed by atoms with Crippen LogP contribution in [0.4, 0.5) is 16.2 Å². The molecule has 0 unspecified atom stereocenters. The molecule has 118 valence electrons. The van der Waals surface area contributed by atoms with Crippen LogP contribution in [0.1, 0.15) is 16.8 Å². The van der Waals surface area contributed by atoms with Crippen molar-refractivity contribution in [3.63, 3.8) is 0 Å². The number of nitrogens with one attached hydrogen (secondary N) is 2. The number of benzene rings is 2. The molecule has 2 aromatic carbocycles. The minimum absolute atomic E-state index is 0.0806. The molecule has 0 radical (unpaired) electrons. The Bertz CT molecular complexity index is 714. The Balaban J connectivity index is 1.68. The van der Waals surface area contributed by atoms with Crippen LogP contribution in [0.2, 0.25) is 0 Å². The molecule has 1 aliphatic rings. The molecule has 0 atom stereocenters. The van der Waals surface area contributed by atoms with Gasteiger partial charge < -0.3 is 10.6 Å². The number of nitrogens with zero attached hydrogens (tertiary/aromatic N) is 1. The number of rotatable bonds is 3. The predicted octanol–water partition coefficient (Wildman–Crippen LogP) is 3.62. The molecule has 3 rings (SSSR count). The molecule has 2 N–H and O–H groups in total. The Labute approximate surface area is 142 Å². The summed E-state index contributed by atoms with van der Waals surface area (Å²) in [6.45, 7) is 1.42. The van der Waals surface area contributed by atoms with Gasteiger partial charge in [-0.3, -0.25) is 9.69 Å². The molecule has 0 spiro atoms. The van der Waals surface area contributed by atoms with Crippen LogP contribution < -0.4 is 15.5 Å². The molecular formula is C17H16BrN3O2. The molecule has 5 nitrogen and oxygen atoms in total. The van der Waals surface area contributed by atoms with Crippen molar-refractivity contribution in [1.29, 1.82) is 0 Å². The van der Waals surface area contributed by atoms with E-state index in [-0.39, 0.29) is 11.9 Å². The number of halogens is 1. The van der Waals surface area contributed by atoms with Crippen LogP contribution in [-0.2, 0) is 0 Å². The SMILES string of the molecule is O=C(Nc1ccc(N2CCCNC2=O)cc1)c1ccc(Br)cc1. The topological polar surface area (TPSA) is 61.4 Å². The highest BCUT2D eigenvalue weighted by molar-refractivity contribution is 9.10. The third-order valence-corrected chi connectivity index (χ3v) is 4.15. The summed E-state index contributed by atoms with van der Waals surface area (Å²) < 4.78 is 0.929. The fraction of sp³-hybridized carbons (Fsp3) is 0.176. The van der Waals surface area contributed by atoms with Crippen LogP contribution in [0, 0.1) is 0 Å². The second-order valence-corrected chi connectivity index (χ2v) is 6.16. The van der Waals surface area contributed by atoms with Gasteiger partial charge in [0, 0.05) is 34.5 Å². The van der Waals surface area contributed by atoms with Crippen LogP contribution in [0.25, 0.3) is 0 Å². The lowest BCUT2D eigenvalue weighted by molar-refractivity contribution is 0.102. The maximum atomic E-state index is 12.2. The summed E-state index contributed by atoms with van der Waals surface area (Å²) in [5, 5.41) is 5.66. The molecule has 0 saturated carbocycles. The quantitative estimate of drug-likeness (QED) is 0.862. The Kier molecular flexibility index (Phi) is 4.62. The zero-order valence-electron chi connectivity index (χ0n) is 12.4. The average Bonchev–Trinajstić information content (AvgIpc) is 2.57. The van der Waals surface area contributed by atoms with E-state index in [4.69, 9.17) is 0 Å². The smallest absolute Gasteiger partial charge is 0.321 e. The molecule has 0 aromatic heterocycles. The van der Waals surface area contributed by atoms with Crippen LogP contribution in [0.3, 0.4) is 0 Å². The standard InChI is InChI=1S/C17H16BrN3O2/c18-13-4-2-12(3-5-13)16(22)20-14-6-8-15(9-7-14)21-11-1-10-19-17(21)23/h2-9H,1,10-11H2,(H,19,23)(H,20,22). The summed E-state index contributed by atoms with van der Waals surface area (Å²) in [7, 11) is 0. The van der Waals surface area contributed by atoms with E-state index in [2.05, 4.69) is 26.6 Å². The van der Waals surface area contributed by atoms with E-state index >= 15 is 0 Å². The van der Waals surface area contributed by atoms with Gasteiger partial charge in [-0.05, 0) is 55.0 Å². The third-order valence-electron chi connectivity index (χ3n) is 3.62. The Morgan fingerprint density at radius 2 is 1.78 bits per heavy atom. The molecule has 1 aliphatic heterocycles. The largest absolute Gasteiger partial charge is 0.338 e. The molecule has 0 aliphatic carbocycles. The summed E-state index contributed by atoms with van der Waals surface area (Å²) in [4.78, 5) is 25.7. The van der Waals surface area contributed by atoms with Crippen molar-refractivity contribution < 1.29 is 9.59 Å². The first-order chi connectivity index (χ1) is 11.1. The van der Waals surface area contributed by atoms with E-state index in [1.54, 1.807) is 29.2 Å². The van der Waals surface area contributed by atoms with Crippen molar-refractivity contribution in [3.8, 4) is 0 Å². The predicted molar refractivity (Wildman–Crippen MR) is 93.9 cm³/mol. The lowest BCUT2D eigenvalue weighted by atomic mass is 10.2. The molecule has 23 heavy (non-hydrogen) atoms. The van der Waals surface area contributed by atoms with Crippen LogP contribution in [0.5, 0.6) is 0 Å². The van der Waals surface area contributed by atoms with Gasteiger partial charge in [0.05, 0.1) is 0 Å². The number of carbonyl (C=O) groups is 2. The monoisotopic (exact) mass is 373 g/mol. The molecule has 1 fully saturated rings. The Morgan fingerprint density at radius 1 is 1.09 bits per heavy atom. The van der Waals surface area contributed by atoms with Gasteiger partial charge in [-0.1, -0.05) is 15.9 Å². The second-order valence-electron chi connectivity index (χ2n) is 5.25. The Hall–Kier alpha value is -2.34. The van der Waals surface area contributed by atoms with Gasteiger partial charge in [0.25, 0.3) is 5.91 Å². The van der Waals surface area contributed by atoms with E-state index < -0.39 is 0 Å². The lowest BCUT2D eigenvalue weighted by Crippen LogP contribution is -2.46. The van der Waals surface area contributed by atoms with E-state index in [1.165, 1.54) is 0 Å². The van der Waals surface area contributed by atoms with Crippen molar-refractivity contribution in [3.05, 3.63) is 58.6 Å². The molecule has 6 heteroatoms. The fourth-order valence-corrected chi connectivity index (χ4v) is 2.67. The first-order valence-corrected chi connectivity index (χ1v) is 8.15. The van der Waals surface area contributed by atoms with E-state index in [9.17, 15) is 9.59 Å². The number of amides is 3. The summed E-state index contributed by atoms with van der Waals surface area (Å²) in [6, 6.07) is 14.4. The highest BCUT2D eigenvalue weighted by Gasteiger charge is 2.18. The van der Waals surface area contributed by atoms with Crippen molar-refractivity contribution in [2.24, 2.45) is 0 Å². The van der Waals surface area contributed by atoms with Gasteiger partial charge in [-0.2, -0.15) is 0 Å². The summed E-state index contributed by atoms with van der Waals surface area (Å²) in [5.41, 5.74) is 2.11. The zero-order valence-corrected chi connectivity index (χ0v) is 14.0. The maximum absolute atomic E-state index is 12.2. The van der Waals surface area contributed by atoms with E-state index in [0.717, 1.165) is 23.1 Å². The lowest BCUT2D eigenvalue weighted by Gasteiger charge is -2.27. The second kappa shape index (κ2) is 6.83. The highest BCUT2D eigenvalue weighted by Crippen LogP contribution is 2.20. The summed E-state index contributed by atoms with van der Waals surface area (Å²) in [6.07, 6.45) is 0.924. The van der Waals surface area contributed by atoms with Gasteiger partial charge in [0.2, 0.25) is 0 Å². The third kappa shape index (κ3) is 3.71. The van der Waals surface area contributed by atoms with Gasteiger partial charge in [-0.15, -0.1) is 0 Å². The summed E-state index contributed by atoms with van der Waals surface area (Å²) >= 11 is 3.34. The van der Waals surface area contributed by atoms with Crippen molar-refractivity contribution >= 4 is 39.2 Å². The minimum Gasteiger partial charge on any atom is -0.338 e. The molecule has 2 aromatic rings. The molecular weight excluding hydrogens is 358 g/mol. The first kappa shape index (κ1) is 15.6. The van der Waals surface area contributed by atoms with E-state index in [0.29, 0.717) is 17.8 Å². The first-order valence-electron chi connectivity index (χ1n) is 7.36. The number of hydrogen-bond acceptors (Lipinski definition) is 2. The fourth-order valence-electron chi connectivity index (χ4n) is 2.41. The molecule has 1 saturated heterocycles. The van der Waals surface area contributed by atoms with Crippen molar-refractivity contribution in [1.82, 2.24) is 5.32 Å². The zero-order chi connectivity index (χ0) is 16.2. The maximum Gasteiger partial charge on any atom is 0.321 e. The van der Waals surface area contributed by atoms with Crippen LogP contribution >= 0.6 is 15.9 Å². The molecule has 0 bridgehead atoms. The van der Waals surface area contributed by atoms with Crippen LogP contribution in [-0.4, -0.2) is 25.0 Å². The van der Waals surface area contributed by atoms with Gasteiger partial charge >= 0.3 is 6.03 Å². The van der Waals surface area contributed by atoms with Gasteiger partial charge in [0.1, 0.15) is 0 Å². The normalized spacial score (nSPS) is 14.3. The minimum atomic E-state index is -0.166. The average molecular weight is 374 g/mol. The van der Waals surface area contributed by atoms with Gasteiger partial charge in [0.15, 0.2) is 0 Å². The number of hydrogen-bond donors (Lipinski definition) is 2. The van der Waals surface area contributed by atoms with E-state index in [1.807, 2.05) is 24.3 Å². The number of carbonyl (C=O) groups excluding carboxylic acids is 2. The van der Waals surface area contributed by atoms with Crippen molar-refractivity contribution in [2.75, 3.05) is 23.3 Å². The number of urea groups is 1. The Morgan fingerprint density at radius 3 is 2.43 bits per heavy atom. The highest BCUT2D eigenvalue weighted by atomic mass is 79.9. The van der Waals surface area contributed by atoms with Gasteiger partial charge in [-0.25, -0.2) is 4.79 Å². The summed E-state index contributed by atoms with van der Waals surface area (Å²) in [5.74, 6) is -0.166. The number of anilines is 2.